The van der Waals surface area contributed by atoms with Gasteiger partial charge in [-0.2, -0.15) is 5.10 Å². The quantitative estimate of drug-likeness (QED) is 0.579. The summed E-state index contributed by atoms with van der Waals surface area (Å²) in [5.41, 5.74) is 2.66. The van der Waals surface area contributed by atoms with E-state index in [1.807, 2.05) is 48.7 Å². The maximum atomic E-state index is 12.3. The van der Waals surface area contributed by atoms with E-state index in [9.17, 15) is 4.79 Å². The fraction of sp³-hybridized carbons (Fsp3) is 0.348. The van der Waals surface area contributed by atoms with Crippen LogP contribution in [0.2, 0.25) is 0 Å². The van der Waals surface area contributed by atoms with Gasteiger partial charge in [0.2, 0.25) is 0 Å². The number of carbonyl (C=O) groups is 1. The molecular weight excluding hydrogens is 394 g/mol. The summed E-state index contributed by atoms with van der Waals surface area (Å²) in [5.74, 6) is 0.705. The normalized spacial score (nSPS) is 16.1. The lowest BCUT2D eigenvalue weighted by Gasteiger charge is -2.22. The summed E-state index contributed by atoms with van der Waals surface area (Å²) in [5, 5.41) is 9.91. The minimum Gasteiger partial charge on any atom is -0.376 e. The van der Waals surface area contributed by atoms with E-state index in [2.05, 4.69) is 20.7 Å². The third-order valence-corrected chi connectivity index (χ3v) is 5.03. The molecule has 2 amide bonds. The number of aromatic nitrogens is 3. The van der Waals surface area contributed by atoms with Gasteiger partial charge in [-0.25, -0.2) is 14.5 Å². The average molecular weight is 422 g/mol. The van der Waals surface area contributed by atoms with Crippen LogP contribution in [-0.4, -0.2) is 40.1 Å². The number of benzene rings is 1. The second-order valence-electron chi connectivity index (χ2n) is 7.48. The number of pyridine rings is 1. The second kappa shape index (κ2) is 10.7. The van der Waals surface area contributed by atoms with E-state index in [0.717, 1.165) is 36.3 Å². The van der Waals surface area contributed by atoms with Gasteiger partial charge in [0.05, 0.1) is 19.3 Å². The number of hydrogen-bond acceptors (Lipinski definition) is 5. The van der Waals surface area contributed by atoms with Crippen molar-refractivity contribution < 1.29 is 14.3 Å². The number of ether oxygens (including phenoxy) is 2. The Labute approximate surface area is 181 Å². The largest absolute Gasteiger partial charge is 0.376 e. The first-order valence-corrected chi connectivity index (χ1v) is 10.5. The zero-order valence-corrected chi connectivity index (χ0v) is 17.4. The van der Waals surface area contributed by atoms with Crippen molar-refractivity contribution in [2.75, 3.05) is 18.5 Å². The Kier molecular flexibility index (Phi) is 7.25. The zero-order valence-electron chi connectivity index (χ0n) is 17.4. The molecule has 31 heavy (non-hydrogen) atoms. The Morgan fingerprint density at radius 2 is 2.13 bits per heavy atom. The molecule has 8 nitrogen and oxygen atoms in total. The summed E-state index contributed by atoms with van der Waals surface area (Å²) in [6, 6.07) is 13.0. The van der Waals surface area contributed by atoms with Crippen molar-refractivity contribution in [2.24, 2.45) is 0 Å². The first kappa shape index (κ1) is 21.0. The molecule has 3 heterocycles. The molecule has 1 fully saturated rings. The smallest absolute Gasteiger partial charge is 0.319 e. The minimum atomic E-state index is -0.272. The lowest BCUT2D eigenvalue weighted by atomic mass is 10.1. The van der Waals surface area contributed by atoms with Crippen LogP contribution in [0.15, 0.2) is 61.1 Å². The van der Waals surface area contributed by atoms with E-state index in [1.54, 1.807) is 17.1 Å². The average Bonchev–Trinajstić information content (AvgIpc) is 3.34. The number of rotatable bonds is 8. The summed E-state index contributed by atoms with van der Waals surface area (Å²) in [6.07, 6.45) is 8.82. The van der Waals surface area contributed by atoms with Gasteiger partial charge in [-0.15, -0.1) is 0 Å². The highest BCUT2D eigenvalue weighted by Crippen LogP contribution is 2.15. The number of amides is 2. The van der Waals surface area contributed by atoms with Crippen LogP contribution in [0, 0.1) is 0 Å². The van der Waals surface area contributed by atoms with E-state index in [1.165, 1.54) is 6.42 Å². The van der Waals surface area contributed by atoms with Crippen molar-refractivity contribution in [3.05, 3.63) is 72.2 Å². The summed E-state index contributed by atoms with van der Waals surface area (Å²) >= 11 is 0. The van der Waals surface area contributed by atoms with Gasteiger partial charge in [0.1, 0.15) is 0 Å². The molecule has 8 heteroatoms. The van der Waals surface area contributed by atoms with Crippen molar-refractivity contribution in [1.82, 2.24) is 20.1 Å². The summed E-state index contributed by atoms with van der Waals surface area (Å²) in [6.45, 7) is 2.30. The molecule has 0 spiro atoms. The predicted octanol–water partition coefficient (Wildman–Crippen LogP) is 3.67. The molecule has 0 bridgehead atoms. The van der Waals surface area contributed by atoms with Gasteiger partial charge in [0.25, 0.3) is 0 Å². The molecule has 2 aromatic heterocycles. The number of anilines is 1. The molecule has 1 aliphatic heterocycles. The molecule has 162 valence electrons. The number of carbonyl (C=O) groups excluding carboxylic acids is 1. The molecule has 0 aliphatic carbocycles. The van der Waals surface area contributed by atoms with Crippen LogP contribution >= 0.6 is 0 Å². The molecule has 1 atom stereocenters. The van der Waals surface area contributed by atoms with Crippen LogP contribution in [0.3, 0.4) is 0 Å². The predicted molar refractivity (Wildman–Crippen MR) is 117 cm³/mol. The van der Waals surface area contributed by atoms with Gasteiger partial charge < -0.3 is 20.1 Å². The topological polar surface area (TPSA) is 90.3 Å². The van der Waals surface area contributed by atoms with Gasteiger partial charge in [-0.05, 0) is 60.7 Å². The third-order valence-electron chi connectivity index (χ3n) is 5.03. The van der Waals surface area contributed by atoms with Gasteiger partial charge in [-0.1, -0.05) is 12.1 Å². The lowest BCUT2D eigenvalue weighted by molar-refractivity contribution is -0.0447. The number of hydrogen-bond donors (Lipinski definition) is 2. The highest BCUT2D eigenvalue weighted by Gasteiger charge is 2.13. The SMILES string of the molecule is O=C(NCc1ccnc(-n2cccn2)c1)Nc1cccc(COC[C@@H]2CCCCO2)c1. The Morgan fingerprint density at radius 3 is 2.97 bits per heavy atom. The molecule has 0 saturated carbocycles. The summed E-state index contributed by atoms with van der Waals surface area (Å²) < 4.78 is 13.2. The van der Waals surface area contributed by atoms with Crippen LogP contribution in [0.4, 0.5) is 10.5 Å². The molecule has 2 N–H and O–H groups in total. The summed E-state index contributed by atoms with van der Waals surface area (Å²) in [4.78, 5) is 16.6. The molecule has 4 rings (SSSR count). The molecule has 0 radical (unpaired) electrons. The number of urea groups is 1. The van der Waals surface area contributed by atoms with Crippen LogP contribution in [0.5, 0.6) is 0 Å². The molecule has 1 aromatic carbocycles. The van der Waals surface area contributed by atoms with Crippen molar-refractivity contribution in [2.45, 2.75) is 38.5 Å². The number of nitrogens with zero attached hydrogens (tertiary/aromatic N) is 3. The fourth-order valence-electron chi connectivity index (χ4n) is 3.44. The zero-order chi connectivity index (χ0) is 21.3. The van der Waals surface area contributed by atoms with Gasteiger partial charge in [0, 0.05) is 37.4 Å². The highest BCUT2D eigenvalue weighted by molar-refractivity contribution is 5.89. The van der Waals surface area contributed by atoms with Gasteiger partial charge >= 0.3 is 6.03 Å². The molecule has 1 saturated heterocycles. The van der Waals surface area contributed by atoms with E-state index >= 15 is 0 Å². The van der Waals surface area contributed by atoms with Crippen LogP contribution < -0.4 is 10.6 Å². The van der Waals surface area contributed by atoms with Gasteiger partial charge in [0.15, 0.2) is 5.82 Å². The Bertz CT molecular complexity index is 971. The van der Waals surface area contributed by atoms with Crippen molar-refractivity contribution in [3.63, 3.8) is 0 Å². The highest BCUT2D eigenvalue weighted by atomic mass is 16.5. The van der Waals surface area contributed by atoms with E-state index in [4.69, 9.17) is 9.47 Å². The first-order valence-electron chi connectivity index (χ1n) is 10.5. The maximum Gasteiger partial charge on any atom is 0.319 e. The van der Waals surface area contributed by atoms with E-state index < -0.39 is 0 Å². The van der Waals surface area contributed by atoms with Crippen molar-refractivity contribution in [3.8, 4) is 5.82 Å². The van der Waals surface area contributed by atoms with Crippen LogP contribution in [0.25, 0.3) is 5.82 Å². The minimum absolute atomic E-state index is 0.197. The fourth-order valence-corrected chi connectivity index (χ4v) is 3.44. The van der Waals surface area contributed by atoms with Crippen molar-refractivity contribution >= 4 is 11.7 Å². The van der Waals surface area contributed by atoms with Gasteiger partial charge in [-0.3, -0.25) is 0 Å². The van der Waals surface area contributed by atoms with Crippen molar-refractivity contribution in [1.29, 1.82) is 0 Å². The maximum absolute atomic E-state index is 12.3. The number of nitrogens with one attached hydrogen (secondary N) is 2. The monoisotopic (exact) mass is 421 g/mol. The first-order chi connectivity index (χ1) is 15.3. The molecule has 1 aliphatic rings. The van der Waals surface area contributed by atoms with Crippen LogP contribution in [-0.2, 0) is 22.6 Å². The third kappa shape index (κ3) is 6.37. The van der Waals surface area contributed by atoms with E-state index in [-0.39, 0.29) is 12.1 Å². The molecule has 3 aromatic rings. The molecule has 0 unspecified atom stereocenters. The molecular formula is C23H27N5O3. The van der Waals surface area contributed by atoms with Crippen LogP contribution in [0.1, 0.15) is 30.4 Å². The van der Waals surface area contributed by atoms with E-state index in [0.29, 0.717) is 25.6 Å². The Hall–Kier alpha value is -3.23. The summed E-state index contributed by atoms with van der Waals surface area (Å²) in [7, 11) is 0. The standard InChI is InChI=1S/C23H27N5O3/c29-23(25-15-18-8-10-24-22(14-18)28-11-4-9-26-28)27-20-6-3-5-19(13-20)16-30-17-21-7-1-2-12-31-21/h3-6,8-11,13-14,21H,1-2,7,12,15-17H2,(H2,25,27,29)/t21-/m0/s1. The lowest BCUT2D eigenvalue weighted by Crippen LogP contribution is -2.28. The Balaban J connectivity index is 1.24. The Morgan fingerprint density at radius 1 is 1.16 bits per heavy atom. The second-order valence-corrected chi connectivity index (χ2v) is 7.48.